The molecule has 0 atom stereocenters. The van der Waals surface area contributed by atoms with Gasteiger partial charge in [-0.1, -0.05) is 30.3 Å². The summed E-state index contributed by atoms with van der Waals surface area (Å²) in [5.74, 6) is 2.81. The van der Waals surface area contributed by atoms with E-state index in [1.807, 2.05) is 18.2 Å². The summed E-state index contributed by atoms with van der Waals surface area (Å²) >= 11 is 0. The molecular formula is C19H26N2O. The first-order valence-corrected chi connectivity index (χ1v) is 8.76. The van der Waals surface area contributed by atoms with Crippen molar-refractivity contribution in [3.05, 3.63) is 35.9 Å². The average Bonchev–Trinajstić information content (AvgIpc) is 2.46. The molecule has 0 heterocycles. The van der Waals surface area contributed by atoms with Crippen LogP contribution in [-0.4, -0.2) is 18.0 Å². The summed E-state index contributed by atoms with van der Waals surface area (Å²) in [5, 5.41) is 6.68. The lowest BCUT2D eigenvalue weighted by Gasteiger charge is -2.56. The highest BCUT2D eigenvalue weighted by Crippen LogP contribution is 2.55. The van der Waals surface area contributed by atoms with Crippen LogP contribution in [0, 0.1) is 17.8 Å². The van der Waals surface area contributed by atoms with Gasteiger partial charge in [0.15, 0.2) is 0 Å². The lowest BCUT2D eigenvalue weighted by Crippen LogP contribution is -2.60. The number of benzene rings is 1. The van der Waals surface area contributed by atoms with Crippen LogP contribution >= 0.6 is 0 Å². The second-order valence-electron chi connectivity index (χ2n) is 7.84. The zero-order valence-electron chi connectivity index (χ0n) is 13.2. The van der Waals surface area contributed by atoms with Crippen LogP contribution in [-0.2, 0) is 11.3 Å². The van der Waals surface area contributed by atoms with Gasteiger partial charge in [0.1, 0.15) is 0 Å². The Morgan fingerprint density at radius 1 is 1.00 bits per heavy atom. The second-order valence-corrected chi connectivity index (χ2v) is 7.84. The first-order chi connectivity index (χ1) is 10.7. The van der Waals surface area contributed by atoms with Gasteiger partial charge in [0, 0.05) is 12.1 Å². The maximum absolute atomic E-state index is 12.3. The minimum atomic E-state index is 0.139. The van der Waals surface area contributed by atoms with Gasteiger partial charge < -0.3 is 10.6 Å². The van der Waals surface area contributed by atoms with Crippen LogP contribution in [0.4, 0.5) is 0 Å². The lowest BCUT2D eigenvalue weighted by molar-refractivity contribution is -0.126. The molecule has 1 amide bonds. The van der Waals surface area contributed by atoms with Crippen LogP contribution in [0.1, 0.15) is 44.1 Å². The van der Waals surface area contributed by atoms with Gasteiger partial charge in [-0.2, -0.15) is 0 Å². The summed E-state index contributed by atoms with van der Waals surface area (Å²) in [6.07, 6.45) is 7.93. The van der Waals surface area contributed by atoms with Crippen molar-refractivity contribution in [1.82, 2.24) is 10.6 Å². The van der Waals surface area contributed by atoms with E-state index in [4.69, 9.17) is 0 Å². The molecule has 4 aliphatic rings. The topological polar surface area (TPSA) is 41.1 Å². The van der Waals surface area contributed by atoms with Crippen LogP contribution in [0.5, 0.6) is 0 Å². The maximum Gasteiger partial charge on any atom is 0.234 e. The lowest BCUT2D eigenvalue weighted by atomic mass is 9.53. The summed E-state index contributed by atoms with van der Waals surface area (Å²) in [7, 11) is 0. The fourth-order valence-corrected chi connectivity index (χ4v) is 5.52. The summed E-state index contributed by atoms with van der Waals surface area (Å²) in [6, 6.07) is 10.3. The molecular weight excluding hydrogens is 272 g/mol. The van der Waals surface area contributed by atoms with Crippen molar-refractivity contribution < 1.29 is 4.79 Å². The van der Waals surface area contributed by atoms with Crippen molar-refractivity contribution in [1.29, 1.82) is 0 Å². The van der Waals surface area contributed by atoms with E-state index in [2.05, 4.69) is 22.8 Å². The van der Waals surface area contributed by atoms with Crippen LogP contribution < -0.4 is 10.6 Å². The van der Waals surface area contributed by atoms with E-state index in [1.54, 1.807) is 0 Å². The smallest absolute Gasteiger partial charge is 0.234 e. The molecule has 0 aromatic heterocycles. The molecule has 4 fully saturated rings. The molecule has 118 valence electrons. The number of amides is 1. The third-order valence-electron chi connectivity index (χ3n) is 5.90. The highest BCUT2D eigenvalue weighted by Gasteiger charge is 2.51. The van der Waals surface area contributed by atoms with Crippen LogP contribution in [0.3, 0.4) is 0 Å². The highest BCUT2D eigenvalue weighted by molar-refractivity contribution is 5.79. The summed E-state index contributed by atoms with van der Waals surface area (Å²) < 4.78 is 0. The molecule has 3 nitrogen and oxygen atoms in total. The van der Waals surface area contributed by atoms with Gasteiger partial charge in [0.2, 0.25) is 5.91 Å². The second kappa shape index (κ2) is 5.69. The fourth-order valence-electron chi connectivity index (χ4n) is 5.52. The molecule has 1 aromatic rings. The van der Waals surface area contributed by atoms with Crippen molar-refractivity contribution in [2.24, 2.45) is 17.8 Å². The molecule has 5 rings (SSSR count). The Kier molecular flexibility index (Phi) is 3.69. The molecule has 0 aliphatic heterocycles. The molecule has 4 bridgehead atoms. The quantitative estimate of drug-likeness (QED) is 0.877. The monoisotopic (exact) mass is 298 g/mol. The highest BCUT2D eigenvalue weighted by atomic mass is 16.2. The molecule has 0 radical (unpaired) electrons. The molecule has 4 saturated carbocycles. The van der Waals surface area contributed by atoms with E-state index in [1.165, 1.54) is 44.1 Å². The zero-order valence-corrected chi connectivity index (χ0v) is 13.2. The van der Waals surface area contributed by atoms with Gasteiger partial charge >= 0.3 is 0 Å². The van der Waals surface area contributed by atoms with Crippen molar-refractivity contribution in [3.63, 3.8) is 0 Å². The summed E-state index contributed by atoms with van der Waals surface area (Å²) in [4.78, 5) is 12.3. The van der Waals surface area contributed by atoms with E-state index in [-0.39, 0.29) is 11.4 Å². The van der Waals surface area contributed by atoms with E-state index in [0.717, 1.165) is 24.3 Å². The van der Waals surface area contributed by atoms with E-state index < -0.39 is 0 Å². The number of rotatable bonds is 5. The normalized spacial score (nSPS) is 35.5. The predicted molar refractivity (Wildman–Crippen MR) is 87.2 cm³/mol. The molecule has 3 heteroatoms. The molecule has 22 heavy (non-hydrogen) atoms. The molecule has 0 saturated heterocycles. The van der Waals surface area contributed by atoms with E-state index in [0.29, 0.717) is 6.54 Å². The number of carbonyl (C=O) groups excluding carboxylic acids is 1. The van der Waals surface area contributed by atoms with Crippen molar-refractivity contribution in [2.75, 3.05) is 6.54 Å². The largest absolute Gasteiger partial charge is 0.350 e. The third-order valence-corrected chi connectivity index (χ3v) is 5.90. The van der Waals surface area contributed by atoms with E-state index in [9.17, 15) is 4.79 Å². The van der Waals surface area contributed by atoms with Crippen molar-refractivity contribution in [3.8, 4) is 0 Å². The predicted octanol–water partition coefficient (Wildman–Crippen LogP) is 2.86. The average molecular weight is 298 g/mol. The van der Waals surface area contributed by atoms with Crippen LogP contribution in [0.2, 0.25) is 0 Å². The van der Waals surface area contributed by atoms with Gasteiger partial charge in [-0.15, -0.1) is 0 Å². The Morgan fingerprint density at radius 2 is 1.59 bits per heavy atom. The Hall–Kier alpha value is -1.35. The Morgan fingerprint density at radius 3 is 2.18 bits per heavy atom. The van der Waals surface area contributed by atoms with Gasteiger partial charge in [-0.05, 0) is 61.8 Å². The molecule has 4 aliphatic carbocycles. The first kappa shape index (κ1) is 14.3. The van der Waals surface area contributed by atoms with Gasteiger partial charge in [-0.3, -0.25) is 4.79 Å². The SMILES string of the molecule is O=C(CNCc1ccccc1)NC12CC3CC(CC(C3)C1)C2. The molecule has 0 spiro atoms. The van der Waals surface area contributed by atoms with E-state index >= 15 is 0 Å². The number of nitrogens with one attached hydrogen (secondary N) is 2. The van der Waals surface area contributed by atoms with Gasteiger partial charge in [-0.25, -0.2) is 0 Å². The maximum atomic E-state index is 12.3. The van der Waals surface area contributed by atoms with Crippen molar-refractivity contribution in [2.45, 2.75) is 50.6 Å². The Bertz CT molecular complexity index is 504. The van der Waals surface area contributed by atoms with Gasteiger partial charge in [0.25, 0.3) is 0 Å². The minimum Gasteiger partial charge on any atom is -0.350 e. The fraction of sp³-hybridized carbons (Fsp3) is 0.632. The number of hydrogen-bond acceptors (Lipinski definition) is 2. The third kappa shape index (κ3) is 2.91. The first-order valence-electron chi connectivity index (χ1n) is 8.76. The Labute approximate surface area is 132 Å². The molecule has 2 N–H and O–H groups in total. The molecule has 0 unspecified atom stereocenters. The number of carbonyl (C=O) groups is 1. The molecule has 1 aromatic carbocycles. The van der Waals surface area contributed by atoms with Crippen LogP contribution in [0.15, 0.2) is 30.3 Å². The minimum absolute atomic E-state index is 0.139. The Balaban J connectivity index is 1.29. The zero-order chi connectivity index (χ0) is 15.0. The van der Waals surface area contributed by atoms with Gasteiger partial charge in [0.05, 0.1) is 6.54 Å². The summed E-state index contributed by atoms with van der Waals surface area (Å²) in [5.41, 5.74) is 1.37. The number of hydrogen-bond donors (Lipinski definition) is 2. The summed E-state index contributed by atoms with van der Waals surface area (Å²) in [6.45, 7) is 1.19. The standard InChI is InChI=1S/C19H26N2O/c22-18(13-20-12-14-4-2-1-3-5-14)21-19-9-15-6-16(10-19)8-17(7-15)11-19/h1-5,15-17,20H,6-13H2,(H,21,22). The van der Waals surface area contributed by atoms with Crippen molar-refractivity contribution >= 4 is 5.91 Å². The van der Waals surface area contributed by atoms with Crippen LogP contribution in [0.25, 0.3) is 0 Å².